The van der Waals surface area contributed by atoms with Gasteiger partial charge in [-0.25, -0.2) is 4.68 Å². The van der Waals surface area contributed by atoms with Crippen LogP contribution in [0.1, 0.15) is 32.2 Å². The molecular weight excluding hydrogens is 252 g/mol. The molecule has 0 aliphatic rings. The Morgan fingerprint density at radius 2 is 1.95 bits per heavy atom. The zero-order valence-corrected chi connectivity index (χ0v) is 12.3. The Bertz CT molecular complexity index is 546. The van der Waals surface area contributed by atoms with Gasteiger partial charge in [0.15, 0.2) is 0 Å². The molecule has 0 aliphatic carbocycles. The molecule has 0 spiro atoms. The molecule has 20 heavy (non-hydrogen) atoms. The minimum absolute atomic E-state index is 0.416. The maximum Gasteiger partial charge on any atom is 0.119 e. The van der Waals surface area contributed by atoms with E-state index in [9.17, 15) is 0 Å². The van der Waals surface area contributed by atoms with E-state index in [4.69, 9.17) is 10.5 Å². The molecule has 108 valence electrons. The molecule has 5 nitrogen and oxygen atoms in total. The van der Waals surface area contributed by atoms with E-state index < -0.39 is 0 Å². The molecule has 0 aliphatic heterocycles. The minimum atomic E-state index is 0.416. The molecule has 5 heteroatoms. The number of ether oxygens (including phenoxy) is 1. The van der Waals surface area contributed by atoms with Crippen LogP contribution in [0.25, 0.3) is 5.69 Å². The predicted molar refractivity (Wildman–Crippen MR) is 79.0 cm³/mol. The predicted octanol–water partition coefficient (Wildman–Crippen LogP) is 2.32. The number of benzene rings is 1. The fourth-order valence-corrected chi connectivity index (χ4v) is 2.14. The summed E-state index contributed by atoms with van der Waals surface area (Å²) in [7, 11) is 0. The van der Waals surface area contributed by atoms with Crippen LogP contribution in [-0.2, 0) is 13.0 Å². The van der Waals surface area contributed by atoms with Crippen molar-refractivity contribution < 1.29 is 4.74 Å². The van der Waals surface area contributed by atoms with Crippen LogP contribution in [0.4, 0.5) is 0 Å². The minimum Gasteiger partial charge on any atom is -0.494 e. The van der Waals surface area contributed by atoms with E-state index in [1.165, 1.54) is 0 Å². The number of nitrogens with two attached hydrogens (primary N) is 1. The third-order valence-corrected chi connectivity index (χ3v) is 3.03. The largest absolute Gasteiger partial charge is 0.494 e. The molecule has 2 N–H and O–H groups in total. The molecule has 1 aromatic heterocycles. The van der Waals surface area contributed by atoms with Crippen LogP contribution in [-0.4, -0.2) is 21.6 Å². The van der Waals surface area contributed by atoms with Crippen molar-refractivity contribution in [1.29, 1.82) is 0 Å². The Morgan fingerprint density at radius 1 is 1.25 bits per heavy atom. The van der Waals surface area contributed by atoms with Gasteiger partial charge in [-0.3, -0.25) is 0 Å². The number of rotatable bonds is 6. The Hall–Kier alpha value is -1.88. The summed E-state index contributed by atoms with van der Waals surface area (Å²) in [6.45, 7) is 7.41. The first kappa shape index (κ1) is 14.5. The smallest absolute Gasteiger partial charge is 0.119 e. The van der Waals surface area contributed by atoms with Gasteiger partial charge in [-0.15, -0.1) is 5.10 Å². The summed E-state index contributed by atoms with van der Waals surface area (Å²) in [5, 5.41) is 8.41. The van der Waals surface area contributed by atoms with Crippen LogP contribution in [0.2, 0.25) is 0 Å². The van der Waals surface area contributed by atoms with E-state index in [0.29, 0.717) is 19.1 Å². The first-order valence-electron chi connectivity index (χ1n) is 7.02. The van der Waals surface area contributed by atoms with Gasteiger partial charge >= 0.3 is 0 Å². The van der Waals surface area contributed by atoms with Crippen LogP contribution in [0.5, 0.6) is 5.75 Å². The monoisotopic (exact) mass is 274 g/mol. The first-order valence-corrected chi connectivity index (χ1v) is 7.02. The van der Waals surface area contributed by atoms with Crippen LogP contribution in [0.3, 0.4) is 0 Å². The highest BCUT2D eigenvalue weighted by molar-refractivity contribution is 5.38. The van der Waals surface area contributed by atoms with Crippen LogP contribution < -0.4 is 10.5 Å². The lowest BCUT2D eigenvalue weighted by atomic mass is 10.1. The quantitative estimate of drug-likeness (QED) is 0.878. The number of aromatic nitrogens is 3. The summed E-state index contributed by atoms with van der Waals surface area (Å²) >= 11 is 0. The molecule has 2 rings (SSSR count). The SMILES string of the molecule is CCOc1ccc(-n2nnc(CN)c2CC(C)C)cc1. The van der Waals surface area contributed by atoms with Gasteiger partial charge in [0.05, 0.1) is 23.7 Å². The Morgan fingerprint density at radius 3 is 2.50 bits per heavy atom. The van der Waals surface area contributed by atoms with E-state index in [1.807, 2.05) is 35.9 Å². The van der Waals surface area contributed by atoms with Crippen LogP contribution in [0, 0.1) is 5.92 Å². The summed E-state index contributed by atoms with van der Waals surface area (Å²) in [5.41, 5.74) is 8.69. The van der Waals surface area contributed by atoms with Gasteiger partial charge in [0, 0.05) is 6.54 Å². The van der Waals surface area contributed by atoms with Crippen LogP contribution in [0.15, 0.2) is 24.3 Å². The second kappa shape index (κ2) is 6.52. The highest BCUT2D eigenvalue weighted by Crippen LogP contribution is 2.19. The van der Waals surface area contributed by atoms with E-state index in [0.717, 1.165) is 29.2 Å². The molecule has 1 heterocycles. The van der Waals surface area contributed by atoms with Crippen LogP contribution >= 0.6 is 0 Å². The fourth-order valence-electron chi connectivity index (χ4n) is 2.14. The van der Waals surface area contributed by atoms with Crippen molar-refractivity contribution >= 4 is 0 Å². The summed E-state index contributed by atoms with van der Waals surface area (Å²) in [6.07, 6.45) is 0.909. The molecule has 0 fully saturated rings. The molecule has 1 aromatic carbocycles. The maximum absolute atomic E-state index is 5.75. The third kappa shape index (κ3) is 3.17. The highest BCUT2D eigenvalue weighted by Gasteiger charge is 2.14. The standard InChI is InChI=1S/C15H22N4O/c1-4-20-13-7-5-12(6-8-13)19-15(9-11(2)3)14(10-16)17-18-19/h5-8,11H,4,9-10,16H2,1-3H3. The lowest BCUT2D eigenvalue weighted by Crippen LogP contribution is -2.09. The summed E-state index contributed by atoms with van der Waals surface area (Å²) < 4.78 is 7.33. The average molecular weight is 274 g/mol. The molecule has 0 saturated carbocycles. The average Bonchev–Trinajstić information content (AvgIpc) is 2.82. The first-order chi connectivity index (χ1) is 9.65. The van der Waals surface area contributed by atoms with Gasteiger partial charge in [-0.1, -0.05) is 19.1 Å². The molecule has 2 aromatic rings. The molecule has 0 saturated heterocycles. The second-order valence-corrected chi connectivity index (χ2v) is 5.12. The van der Waals surface area contributed by atoms with E-state index in [2.05, 4.69) is 24.2 Å². The molecule has 0 atom stereocenters. The van der Waals surface area contributed by atoms with Gasteiger partial charge in [0.25, 0.3) is 0 Å². The van der Waals surface area contributed by atoms with Gasteiger partial charge in [-0.2, -0.15) is 0 Å². The van der Waals surface area contributed by atoms with Crippen molar-refractivity contribution in [2.75, 3.05) is 6.61 Å². The molecule has 0 bridgehead atoms. The lowest BCUT2D eigenvalue weighted by Gasteiger charge is -2.10. The molecular formula is C15H22N4O. The zero-order valence-electron chi connectivity index (χ0n) is 12.3. The Labute approximate surface area is 119 Å². The third-order valence-electron chi connectivity index (χ3n) is 3.03. The Balaban J connectivity index is 2.33. The van der Waals surface area contributed by atoms with Gasteiger partial charge in [-0.05, 0) is 43.5 Å². The summed E-state index contributed by atoms with van der Waals surface area (Å²) in [4.78, 5) is 0. The topological polar surface area (TPSA) is 66.0 Å². The van der Waals surface area contributed by atoms with Gasteiger partial charge in [0.2, 0.25) is 0 Å². The second-order valence-electron chi connectivity index (χ2n) is 5.12. The normalized spacial score (nSPS) is 11.1. The van der Waals surface area contributed by atoms with E-state index in [-0.39, 0.29) is 0 Å². The van der Waals surface area contributed by atoms with Crippen molar-refractivity contribution in [3.8, 4) is 11.4 Å². The van der Waals surface area contributed by atoms with Gasteiger partial charge in [0.1, 0.15) is 5.75 Å². The van der Waals surface area contributed by atoms with E-state index in [1.54, 1.807) is 0 Å². The van der Waals surface area contributed by atoms with Crippen molar-refractivity contribution in [2.24, 2.45) is 11.7 Å². The van der Waals surface area contributed by atoms with Crippen molar-refractivity contribution in [3.63, 3.8) is 0 Å². The Kier molecular flexibility index (Phi) is 4.74. The number of hydrogen-bond donors (Lipinski definition) is 1. The maximum atomic E-state index is 5.75. The zero-order chi connectivity index (χ0) is 14.5. The fraction of sp³-hybridized carbons (Fsp3) is 0.467. The summed E-state index contributed by atoms with van der Waals surface area (Å²) in [6, 6.07) is 7.87. The molecule has 0 amide bonds. The van der Waals surface area contributed by atoms with Gasteiger partial charge < -0.3 is 10.5 Å². The molecule has 0 radical (unpaired) electrons. The number of nitrogens with zero attached hydrogens (tertiary/aromatic N) is 3. The van der Waals surface area contributed by atoms with Crippen molar-refractivity contribution in [2.45, 2.75) is 33.7 Å². The molecule has 0 unspecified atom stereocenters. The summed E-state index contributed by atoms with van der Waals surface area (Å²) in [5.74, 6) is 1.39. The van der Waals surface area contributed by atoms with E-state index >= 15 is 0 Å². The van der Waals surface area contributed by atoms with Crippen molar-refractivity contribution in [1.82, 2.24) is 15.0 Å². The van der Waals surface area contributed by atoms with Crippen molar-refractivity contribution in [3.05, 3.63) is 35.7 Å². The highest BCUT2D eigenvalue weighted by atomic mass is 16.5. The lowest BCUT2D eigenvalue weighted by molar-refractivity contribution is 0.340. The number of hydrogen-bond acceptors (Lipinski definition) is 4.